The summed E-state index contributed by atoms with van der Waals surface area (Å²) in [5.41, 5.74) is 0.336. The van der Waals surface area contributed by atoms with Gasteiger partial charge in [-0.1, -0.05) is 26.8 Å². The molecule has 0 radical (unpaired) electrons. The maximum absolute atomic E-state index is 11.3. The molecule has 120 valence electrons. The van der Waals surface area contributed by atoms with Crippen molar-refractivity contribution < 1.29 is 21.9 Å². The van der Waals surface area contributed by atoms with E-state index in [4.69, 9.17) is 4.55 Å². The van der Waals surface area contributed by atoms with Crippen LogP contribution >= 0.6 is 0 Å². The van der Waals surface area contributed by atoms with Crippen LogP contribution in [-0.4, -0.2) is 50.6 Å². The average molecular weight is 310 g/mol. The molecule has 0 aromatic heterocycles. The van der Waals surface area contributed by atoms with Gasteiger partial charge in [-0.15, -0.1) is 0 Å². The smallest absolute Gasteiger partial charge is 0.326 e. The monoisotopic (exact) mass is 310 g/mol. The van der Waals surface area contributed by atoms with E-state index in [1.54, 1.807) is 0 Å². The second-order valence-corrected chi connectivity index (χ2v) is 5.44. The van der Waals surface area contributed by atoms with E-state index in [0.29, 0.717) is 12.0 Å². The SMILES string of the molecule is C=C(CCC)C(=O)NC(C)OS(=O)(=O)O.CCN(C)C. The number of hydrogen-bond acceptors (Lipinski definition) is 5. The summed E-state index contributed by atoms with van der Waals surface area (Å²) in [6, 6.07) is 0. The molecular formula is C12H26N2O5S. The van der Waals surface area contributed by atoms with Crippen LogP contribution in [0.4, 0.5) is 0 Å². The summed E-state index contributed by atoms with van der Waals surface area (Å²) >= 11 is 0. The van der Waals surface area contributed by atoms with Gasteiger partial charge in [0, 0.05) is 5.57 Å². The van der Waals surface area contributed by atoms with E-state index in [9.17, 15) is 13.2 Å². The highest BCUT2D eigenvalue weighted by Crippen LogP contribution is 2.02. The number of nitrogens with zero attached hydrogens (tertiary/aromatic N) is 1. The Balaban J connectivity index is 0. The zero-order valence-electron chi connectivity index (χ0n) is 12.8. The molecule has 0 aromatic carbocycles. The van der Waals surface area contributed by atoms with Crippen molar-refractivity contribution in [3.05, 3.63) is 12.2 Å². The molecule has 1 unspecified atom stereocenters. The minimum absolute atomic E-state index is 0.336. The van der Waals surface area contributed by atoms with Gasteiger partial charge in [0.25, 0.3) is 0 Å². The highest BCUT2D eigenvalue weighted by molar-refractivity contribution is 7.80. The Kier molecular flexibility index (Phi) is 11.5. The van der Waals surface area contributed by atoms with Crippen molar-refractivity contribution in [3.8, 4) is 0 Å². The third-order valence-corrected chi connectivity index (χ3v) is 2.64. The van der Waals surface area contributed by atoms with Crippen LogP contribution in [-0.2, 0) is 19.4 Å². The number of carbonyl (C=O) groups is 1. The van der Waals surface area contributed by atoms with Crippen LogP contribution in [0.15, 0.2) is 12.2 Å². The molecule has 0 saturated heterocycles. The van der Waals surface area contributed by atoms with Gasteiger partial charge in [0.05, 0.1) is 0 Å². The van der Waals surface area contributed by atoms with Gasteiger partial charge >= 0.3 is 10.4 Å². The molecule has 0 rings (SSSR count). The Bertz CT molecular complexity index is 393. The summed E-state index contributed by atoms with van der Waals surface area (Å²) in [5, 5.41) is 2.22. The third-order valence-electron chi connectivity index (χ3n) is 2.11. The zero-order valence-corrected chi connectivity index (χ0v) is 13.7. The van der Waals surface area contributed by atoms with Crippen LogP contribution in [0.3, 0.4) is 0 Å². The summed E-state index contributed by atoms with van der Waals surface area (Å²) in [6.07, 6.45) is 0.158. The van der Waals surface area contributed by atoms with Gasteiger partial charge in [-0.05, 0) is 34.0 Å². The van der Waals surface area contributed by atoms with E-state index < -0.39 is 22.5 Å². The van der Waals surface area contributed by atoms with Crippen LogP contribution in [0.2, 0.25) is 0 Å². The van der Waals surface area contributed by atoms with Crippen molar-refractivity contribution >= 4 is 16.3 Å². The fourth-order valence-corrected chi connectivity index (χ4v) is 1.32. The van der Waals surface area contributed by atoms with E-state index in [1.165, 1.54) is 6.92 Å². The minimum Gasteiger partial charge on any atom is -0.326 e. The van der Waals surface area contributed by atoms with Gasteiger partial charge in [-0.3, -0.25) is 9.35 Å². The van der Waals surface area contributed by atoms with Gasteiger partial charge < -0.3 is 10.2 Å². The lowest BCUT2D eigenvalue weighted by molar-refractivity contribution is -0.119. The van der Waals surface area contributed by atoms with Gasteiger partial charge in [0.2, 0.25) is 5.91 Å². The number of rotatable bonds is 7. The van der Waals surface area contributed by atoms with Crippen molar-refractivity contribution in [1.29, 1.82) is 0 Å². The second-order valence-electron chi connectivity index (χ2n) is 4.39. The summed E-state index contributed by atoms with van der Waals surface area (Å²) in [5.74, 6) is -0.493. The van der Waals surface area contributed by atoms with Gasteiger partial charge in [0.1, 0.15) is 6.23 Å². The van der Waals surface area contributed by atoms with Crippen LogP contribution < -0.4 is 5.32 Å². The van der Waals surface area contributed by atoms with Crippen LogP contribution in [0.1, 0.15) is 33.6 Å². The number of amides is 1. The molecule has 2 N–H and O–H groups in total. The largest absolute Gasteiger partial charge is 0.399 e. The highest BCUT2D eigenvalue weighted by atomic mass is 32.3. The van der Waals surface area contributed by atoms with E-state index >= 15 is 0 Å². The molecule has 0 heterocycles. The highest BCUT2D eigenvalue weighted by Gasteiger charge is 2.15. The fourth-order valence-electron chi connectivity index (χ4n) is 0.908. The molecule has 8 heteroatoms. The Labute approximate surface area is 121 Å². The zero-order chi connectivity index (χ0) is 16.3. The maximum Gasteiger partial charge on any atom is 0.399 e. The van der Waals surface area contributed by atoms with Crippen molar-refractivity contribution in [2.75, 3.05) is 20.6 Å². The first-order chi connectivity index (χ1) is 9.03. The molecule has 0 spiro atoms. The normalized spacial score (nSPS) is 12.3. The molecule has 20 heavy (non-hydrogen) atoms. The summed E-state index contributed by atoms with van der Waals surface area (Å²) in [6.45, 7) is 9.95. The van der Waals surface area contributed by atoms with Gasteiger partial charge in [-0.2, -0.15) is 8.42 Å². The Morgan fingerprint density at radius 1 is 1.40 bits per heavy atom. The van der Waals surface area contributed by atoms with E-state index in [1.807, 2.05) is 6.92 Å². The fraction of sp³-hybridized carbons (Fsp3) is 0.750. The minimum atomic E-state index is -4.55. The topological polar surface area (TPSA) is 95.9 Å². The quantitative estimate of drug-likeness (QED) is 0.416. The predicted octanol–water partition coefficient (Wildman–Crippen LogP) is 1.19. The molecular weight excluding hydrogens is 284 g/mol. The lowest BCUT2D eigenvalue weighted by Gasteiger charge is -2.12. The summed E-state index contributed by atoms with van der Waals surface area (Å²) in [7, 11) is -0.440. The Morgan fingerprint density at radius 2 is 1.85 bits per heavy atom. The first kappa shape index (κ1) is 21.3. The predicted molar refractivity (Wildman–Crippen MR) is 78.5 cm³/mol. The molecule has 7 nitrogen and oxygen atoms in total. The Hall–Kier alpha value is -0.960. The van der Waals surface area contributed by atoms with Crippen molar-refractivity contribution in [1.82, 2.24) is 10.2 Å². The molecule has 1 atom stereocenters. The van der Waals surface area contributed by atoms with Crippen molar-refractivity contribution in [2.45, 2.75) is 39.8 Å². The molecule has 0 aliphatic heterocycles. The lowest BCUT2D eigenvalue weighted by atomic mass is 10.1. The summed E-state index contributed by atoms with van der Waals surface area (Å²) < 4.78 is 33.0. The molecule has 1 amide bonds. The maximum atomic E-state index is 11.3. The van der Waals surface area contributed by atoms with Gasteiger partial charge in [0.15, 0.2) is 0 Å². The van der Waals surface area contributed by atoms with Crippen molar-refractivity contribution in [3.63, 3.8) is 0 Å². The van der Waals surface area contributed by atoms with Crippen LogP contribution in [0.5, 0.6) is 0 Å². The first-order valence-corrected chi connectivity index (χ1v) is 7.69. The third kappa shape index (κ3) is 15.1. The van der Waals surface area contributed by atoms with Gasteiger partial charge in [-0.25, -0.2) is 4.18 Å². The lowest BCUT2D eigenvalue weighted by Crippen LogP contribution is -2.36. The van der Waals surface area contributed by atoms with Crippen molar-refractivity contribution in [2.24, 2.45) is 0 Å². The number of hydrogen-bond donors (Lipinski definition) is 2. The molecule has 0 aromatic rings. The summed E-state index contributed by atoms with van der Waals surface area (Å²) in [4.78, 5) is 13.4. The average Bonchev–Trinajstić information content (AvgIpc) is 2.27. The molecule has 0 bridgehead atoms. The van der Waals surface area contributed by atoms with E-state index in [2.05, 4.69) is 42.0 Å². The molecule has 0 aliphatic carbocycles. The first-order valence-electron chi connectivity index (χ1n) is 6.32. The van der Waals surface area contributed by atoms with Crippen LogP contribution in [0.25, 0.3) is 0 Å². The van der Waals surface area contributed by atoms with E-state index in [-0.39, 0.29) is 0 Å². The molecule has 0 aliphatic rings. The second kappa shape index (κ2) is 10.8. The number of carbonyl (C=O) groups excluding carboxylic acids is 1. The molecule has 0 saturated carbocycles. The van der Waals surface area contributed by atoms with Crippen LogP contribution in [0, 0.1) is 0 Å². The number of nitrogens with one attached hydrogen (secondary N) is 1. The van der Waals surface area contributed by atoms with E-state index in [0.717, 1.165) is 13.0 Å². The Morgan fingerprint density at radius 3 is 2.15 bits per heavy atom. The standard InChI is InChI=1S/C8H15NO5S.C4H11N/c1-4-5-6(2)8(10)9-7(3)14-15(11,12)13;1-4-5(2)3/h7H,2,4-5H2,1,3H3,(H,9,10)(H,11,12,13);4H2,1-3H3. The molecule has 0 fully saturated rings.